The van der Waals surface area contributed by atoms with Gasteiger partial charge in [0.2, 0.25) is 12.7 Å². The van der Waals surface area contributed by atoms with E-state index in [1.54, 1.807) is 0 Å². The molecule has 8 heteroatoms. The van der Waals surface area contributed by atoms with E-state index in [1.165, 1.54) is 23.3 Å². The first kappa shape index (κ1) is 16.8. The van der Waals surface area contributed by atoms with Crippen LogP contribution in [0.5, 0.6) is 11.5 Å². The Kier molecular flexibility index (Phi) is 3.85. The monoisotopic (exact) mass is 413 g/mol. The van der Waals surface area contributed by atoms with Crippen molar-refractivity contribution in [2.75, 3.05) is 13.3 Å². The second kappa shape index (κ2) is 6.43. The molecule has 6 nitrogen and oxygen atoms in total. The van der Waals surface area contributed by atoms with Crippen molar-refractivity contribution in [2.45, 2.75) is 32.0 Å². The molecule has 1 fully saturated rings. The molecule has 3 aliphatic rings. The Morgan fingerprint density at radius 3 is 2.96 bits per heavy atom. The predicted octanol–water partition coefficient (Wildman–Crippen LogP) is 4.63. The third kappa shape index (κ3) is 2.78. The summed E-state index contributed by atoms with van der Waals surface area (Å²) in [4.78, 5) is 4.45. The normalized spacial score (nSPS) is 21.1. The Bertz CT molecular complexity index is 1100. The number of rotatable bonds is 4. The number of ether oxygens (including phenoxy) is 2. The van der Waals surface area contributed by atoms with Gasteiger partial charge in [0.25, 0.3) is 4.84 Å². The lowest BCUT2D eigenvalue weighted by atomic mass is 9.96. The van der Waals surface area contributed by atoms with Crippen LogP contribution < -0.4 is 9.47 Å². The van der Waals surface area contributed by atoms with E-state index >= 15 is 0 Å². The molecule has 1 saturated carbocycles. The van der Waals surface area contributed by atoms with Gasteiger partial charge in [0.05, 0.1) is 6.67 Å². The lowest BCUT2D eigenvalue weighted by Crippen LogP contribution is -2.37. The number of nitrogens with zero attached hydrogens (tertiary/aromatic N) is 3. The van der Waals surface area contributed by atoms with Gasteiger partial charge >= 0.3 is 0 Å². The maximum atomic E-state index is 5.81. The first-order valence-corrected chi connectivity index (χ1v) is 10.8. The van der Waals surface area contributed by atoms with Gasteiger partial charge in [0, 0.05) is 23.0 Å². The Morgan fingerprint density at radius 2 is 2.07 bits per heavy atom. The molecule has 1 aliphatic carbocycles. The summed E-state index contributed by atoms with van der Waals surface area (Å²) >= 11 is 7.36. The molecule has 4 heterocycles. The number of hydrogen-bond acceptors (Lipinski definition) is 7. The van der Waals surface area contributed by atoms with E-state index in [9.17, 15) is 0 Å². The van der Waals surface area contributed by atoms with Crippen LogP contribution in [-0.4, -0.2) is 28.0 Å². The van der Waals surface area contributed by atoms with Crippen molar-refractivity contribution in [3.63, 3.8) is 0 Å². The van der Waals surface area contributed by atoms with E-state index < -0.39 is 0 Å². The van der Waals surface area contributed by atoms with Crippen LogP contribution in [0.1, 0.15) is 29.3 Å². The van der Waals surface area contributed by atoms with Crippen LogP contribution in [0.25, 0.3) is 11.5 Å². The fourth-order valence-electron chi connectivity index (χ4n) is 4.23. The average molecular weight is 414 g/mol. The zero-order valence-electron chi connectivity index (χ0n) is 15.2. The van der Waals surface area contributed by atoms with Gasteiger partial charge in [-0.3, -0.25) is 4.90 Å². The van der Waals surface area contributed by atoms with E-state index in [2.05, 4.69) is 21.4 Å². The minimum Gasteiger partial charge on any atom is -0.454 e. The molecule has 2 aliphatic heterocycles. The molecule has 28 heavy (non-hydrogen) atoms. The third-order valence-electron chi connectivity index (χ3n) is 5.73. The first-order chi connectivity index (χ1) is 13.8. The summed E-state index contributed by atoms with van der Waals surface area (Å²) in [6, 6.07) is 8.46. The van der Waals surface area contributed by atoms with Crippen LogP contribution in [0.3, 0.4) is 0 Å². The minimum atomic E-state index is 0.249. The predicted molar refractivity (Wildman–Crippen MR) is 107 cm³/mol. The highest BCUT2D eigenvalue weighted by Crippen LogP contribution is 2.48. The van der Waals surface area contributed by atoms with Gasteiger partial charge < -0.3 is 13.9 Å². The number of aromatic nitrogens is 2. The minimum absolute atomic E-state index is 0.249. The second-order valence-corrected chi connectivity index (χ2v) is 8.88. The molecule has 144 valence electrons. The van der Waals surface area contributed by atoms with Crippen LogP contribution in [-0.2, 0) is 13.1 Å². The molecule has 3 aromatic rings. The lowest BCUT2D eigenvalue weighted by molar-refractivity contribution is 0.116. The zero-order valence-corrected chi connectivity index (χ0v) is 16.8. The van der Waals surface area contributed by atoms with Crippen molar-refractivity contribution in [1.82, 2.24) is 14.7 Å². The molecule has 0 spiro atoms. The highest BCUT2D eigenvalue weighted by Gasteiger charge is 2.40. The van der Waals surface area contributed by atoms with E-state index in [0.29, 0.717) is 29.2 Å². The van der Waals surface area contributed by atoms with Crippen LogP contribution in [0.15, 0.2) is 34.1 Å². The van der Waals surface area contributed by atoms with Crippen molar-refractivity contribution < 1.29 is 13.9 Å². The van der Waals surface area contributed by atoms with E-state index in [1.807, 2.05) is 34.2 Å². The standard InChI is InChI=1S/C20H19N3O3S2/c27-20-23(21-19(26-20)13-3-4-15-16(9-13)25-11-24-15)10-22-7-5-17-14(6-8-28-17)18(22)12-1-2-12/h3-4,6,8-9,12,18H,1-2,5,7,10-11H2/t18-/m0/s1. The molecule has 0 radical (unpaired) electrons. The fraction of sp³-hybridized carbons (Fsp3) is 0.400. The summed E-state index contributed by atoms with van der Waals surface area (Å²) < 4.78 is 18.5. The highest BCUT2D eigenvalue weighted by molar-refractivity contribution is 7.71. The van der Waals surface area contributed by atoms with Gasteiger partial charge in [0.15, 0.2) is 11.5 Å². The fourth-order valence-corrected chi connectivity index (χ4v) is 5.33. The van der Waals surface area contributed by atoms with Crippen molar-refractivity contribution in [1.29, 1.82) is 0 Å². The maximum absolute atomic E-state index is 5.81. The molecule has 0 bridgehead atoms. The Morgan fingerprint density at radius 1 is 1.18 bits per heavy atom. The summed E-state index contributed by atoms with van der Waals surface area (Å²) in [5.41, 5.74) is 2.34. The number of hydrogen-bond donors (Lipinski definition) is 0. The topological polar surface area (TPSA) is 52.7 Å². The van der Waals surface area contributed by atoms with Crippen LogP contribution >= 0.6 is 23.6 Å². The molecule has 6 rings (SSSR count). The molecule has 0 amide bonds. The summed E-state index contributed by atoms with van der Waals surface area (Å²) in [7, 11) is 0. The van der Waals surface area contributed by atoms with Crippen LogP contribution in [0.2, 0.25) is 0 Å². The molecule has 1 atom stereocenters. The largest absolute Gasteiger partial charge is 0.454 e. The Labute approximate surface area is 171 Å². The van der Waals surface area contributed by atoms with E-state index in [4.69, 9.17) is 26.1 Å². The zero-order chi connectivity index (χ0) is 18.7. The first-order valence-electron chi connectivity index (χ1n) is 9.54. The van der Waals surface area contributed by atoms with Gasteiger partial charge in [0.1, 0.15) is 0 Å². The van der Waals surface area contributed by atoms with Gasteiger partial charge in [-0.15, -0.1) is 16.4 Å². The van der Waals surface area contributed by atoms with Gasteiger partial charge in [-0.05, 0) is 72.6 Å². The molecule has 2 aromatic heterocycles. The van der Waals surface area contributed by atoms with E-state index in [-0.39, 0.29) is 6.79 Å². The maximum Gasteiger partial charge on any atom is 0.288 e. The molecule has 0 N–H and O–H groups in total. The number of fused-ring (bicyclic) bond motifs is 2. The lowest BCUT2D eigenvalue weighted by Gasteiger charge is -2.35. The van der Waals surface area contributed by atoms with Gasteiger partial charge in [-0.2, -0.15) is 0 Å². The third-order valence-corrected chi connectivity index (χ3v) is 7.02. The van der Waals surface area contributed by atoms with E-state index in [0.717, 1.165) is 30.2 Å². The summed E-state index contributed by atoms with van der Waals surface area (Å²) in [5, 5.41) is 6.89. The van der Waals surface area contributed by atoms with Crippen LogP contribution in [0.4, 0.5) is 0 Å². The summed E-state index contributed by atoms with van der Waals surface area (Å²) in [6.07, 6.45) is 3.71. The molecule has 0 saturated heterocycles. The Hall–Kier alpha value is -2.16. The smallest absolute Gasteiger partial charge is 0.288 e. The number of benzene rings is 1. The SMILES string of the molecule is S=c1oc(-c2ccc3c(c2)OCO3)nn1CN1CCc2sccc2[C@@H]1C1CC1. The van der Waals surface area contributed by atoms with Gasteiger partial charge in [-0.1, -0.05) is 0 Å². The number of thiophene rings is 1. The molecule has 0 unspecified atom stereocenters. The molecular weight excluding hydrogens is 394 g/mol. The second-order valence-electron chi connectivity index (χ2n) is 7.53. The van der Waals surface area contributed by atoms with Gasteiger partial charge in [-0.25, -0.2) is 4.68 Å². The van der Waals surface area contributed by atoms with Crippen LogP contribution in [0, 0.1) is 10.8 Å². The Balaban J connectivity index is 1.29. The van der Waals surface area contributed by atoms with Crippen molar-refractivity contribution in [2.24, 2.45) is 5.92 Å². The summed E-state index contributed by atoms with van der Waals surface area (Å²) in [5.74, 6) is 2.72. The average Bonchev–Trinajstić information content (AvgIpc) is 3.09. The van der Waals surface area contributed by atoms with Crippen molar-refractivity contribution in [3.05, 3.63) is 44.9 Å². The molecular formula is C20H19N3O3S2. The summed E-state index contributed by atoms with van der Waals surface area (Å²) in [6.45, 7) is 1.94. The van der Waals surface area contributed by atoms with Crippen molar-refractivity contribution >= 4 is 23.6 Å². The molecule has 1 aromatic carbocycles. The quantitative estimate of drug-likeness (QED) is 0.582. The highest BCUT2D eigenvalue weighted by atomic mass is 32.1. The van der Waals surface area contributed by atoms with Crippen molar-refractivity contribution in [3.8, 4) is 23.0 Å².